The van der Waals surface area contributed by atoms with Gasteiger partial charge in [0.25, 0.3) is 0 Å². The fourth-order valence-electron chi connectivity index (χ4n) is 13.9. The summed E-state index contributed by atoms with van der Waals surface area (Å²) >= 11 is 14.3. The molecule has 0 aromatic heterocycles. The topological polar surface area (TPSA) is 606 Å². The number of aliphatic carboxylic acids is 1. The van der Waals surface area contributed by atoms with Crippen LogP contribution in [0.2, 0.25) is 10.0 Å². The van der Waals surface area contributed by atoms with Crippen molar-refractivity contribution in [3.05, 3.63) is 117 Å². The highest BCUT2D eigenvalue weighted by Gasteiger charge is 2.53. The Morgan fingerprint density at radius 2 is 1.30 bits per heavy atom. The predicted octanol–water partition coefficient (Wildman–Crippen LogP) is -1.86. The minimum atomic E-state index is -2.43. The first kappa shape index (κ1) is 83.3. The zero-order chi connectivity index (χ0) is 81.5. The van der Waals surface area contributed by atoms with Gasteiger partial charge in [-0.1, -0.05) is 55.2 Å². The lowest BCUT2D eigenvalue weighted by molar-refractivity contribution is -0.346. The number of carbonyl (C=O) groups excluding carboxylic acids is 8. The van der Waals surface area contributed by atoms with E-state index in [2.05, 4.69) is 37.2 Å². The number of carbonyl (C=O) groups is 9. The molecule has 10 unspecified atom stereocenters. The minimum Gasteiger partial charge on any atom is -0.508 e. The molecule has 3 saturated heterocycles. The van der Waals surface area contributed by atoms with Gasteiger partial charge in [-0.05, 0) is 110 Å². The molecule has 0 spiro atoms. The van der Waals surface area contributed by atoms with E-state index in [4.69, 9.17) is 72.6 Å². The molecule has 3 fully saturated rings. The maximum absolute atomic E-state index is 16.3. The molecule has 13 rings (SSSR count). The summed E-state index contributed by atoms with van der Waals surface area (Å²) in [7, 11) is 1.45. The van der Waals surface area contributed by atoms with Gasteiger partial charge in [0.2, 0.25) is 53.4 Å². The SMILES string of the molecule is CN[C@H](CC(C)C)C(=O)NC1C(=O)NC(CC(N)=O)C(=O)NC2C(=O)N[C@H]3C(=O)N[C@H](C(=O)NC(C(=O)O)c4cc(O)cc(O)c4-c4cc3ccc4O)[C@H](O[C@H]3CC(C)(N)[C@@H](O)C(C)O3)c3ccc(c(Cl)c3)Oc3cc2cc(c3O[C@@H]2O[C@H](CO)C(O[C@@H]3O[C@H](C=O)[C@H](O)[C@H](O)C3O)[C@H](O)C2O)Oc2ccc(cc2Cl)C1O. The highest BCUT2D eigenvalue weighted by Crippen LogP contribution is 2.50. The highest BCUT2D eigenvalue weighted by atomic mass is 35.5. The summed E-state index contributed by atoms with van der Waals surface area (Å²) in [5, 5.41) is 153. The summed E-state index contributed by atoms with van der Waals surface area (Å²) in [6.07, 6.45) is -30.2. The number of rotatable bonds is 16. The molecule has 38 nitrogen and oxygen atoms in total. The zero-order valence-corrected chi connectivity index (χ0v) is 61.4. The number of likely N-dealkylation sites (N-methyl/N-ethyl adjacent to an activating group) is 1. The molecule has 112 heavy (non-hydrogen) atoms. The number of primary amides is 1. The molecule has 5 aromatic rings. The van der Waals surface area contributed by atoms with Crippen molar-refractivity contribution in [2.75, 3.05) is 13.7 Å². The van der Waals surface area contributed by atoms with Crippen LogP contribution in [0.5, 0.6) is 46.0 Å². The van der Waals surface area contributed by atoms with Crippen molar-refractivity contribution in [3.8, 4) is 57.1 Å². The molecule has 11 bridgehead atoms. The molecule has 7 amide bonds. The normalized spacial score (nSPS) is 31.8. The van der Waals surface area contributed by atoms with Crippen molar-refractivity contribution in [1.29, 1.82) is 0 Å². The monoisotopic (exact) mass is 1610 g/mol. The number of phenols is 3. The van der Waals surface area contributed by atoms with Crippen LogP contribution in [0.3, 0.4) is 0 Å². The Labute approximate surface area is 645 Å². The number of nitrogens with two attached hydrogens (primary N) is 2. The van der Waals surface area contributed by atoms with E-state index in [1.165, 1.54) is 33.0 Å². The average Bonchev–Trinajstić information content (AvgIpc) is 0.765. The van der Waals surface area contributed by atoms with Gasteiger partial charge in [0.15, 0.2) is 36.4 Å². The first-order valence-corrected chi connectivity index (χ1v) is 35.7. The molecule has 604 valence electrons. The molecule has 8 heterocycles. The number of aliphatic hydroxyl groups is 8. The van der Waals surface area contributed by atoms with E-state index in [0.717, 1.165) is 66.7 Å². The number of amides is 7. The summed E-state index contributed by atoms with van der Waals surface area (Å²) < 4.78 is 49.7. The summed E-state index contributed by atoms with van der Waals surface area (Å²) in [6.45, 7) is 5.35. The third-order valence-electron chi connectivity index (χ3n) is 19.8. The molecule has 0 aliphatic carbocycles. The van der Waals surface area contributed by atoms with E-state index in [1.54, 1.807) is 13.8 Å². The van der Waals surface area contributed by atoms with Crippen LogP contribution in [0, 0.1) is 5.92 Å². The van der Waals surface area contributed by atoms with Crippen LogP contribution in [0.1, 0.15) is 105 Å². The Morgan fingerprint density at radius 1 is 0.688 bits per heavy atom. The average molecular weight is 1610 g/mol. The van der Waals surface area contributed by atoms with Crippen LogP contribution in [-0.2, 0) is 66.8 Å². The van der Waals surface area contributed by atoms with E-state index in [-0.39, 0.29) is 36.2 Å². The van der Waals surface area contributed by atoms with Gasteiger partial charge in [-0.3, -0.25) is 33.6 Å². The number of fused-ring (bicyclic) bond motifs is 15. The standard InChI is InChI=1S/C72H83Cl2N9O29/c1-24(2)12-35(77-5)63(97)82-51-53(90)27-7-10-39(33(73)14-27)106-41-16-29-17-42(60(41)111-71-58(95)56(93)61(44(23-85)109-71)112-70-57(94)55(92)54(91)43(22-84)108-70)107-40-11-8-28(15-34(40)74)59(110-46-21-72(4,76)62(96)25(3)105-46)52-68(102)81-50(69(103)104)32-18-30(86)19-38(88)47(32)31-13-26(6-9-37(31)87)48(65(99)83-52)80-66(100)49(29)79-64(98)36(20-45(75)89)78-67(51)101/h6-11,13-19,22,24-25,35-36,43-44,46,48-59,61-62,70-71,77,85-88,90-96H,12,20-21,23,76H2,1-5H3,(H2,75,89)(H,78,101)(H,79,98)(H,80,100)(H,81,102)(H,82,97)(H,83,99)(H,103,104)/t25?,35-,36?,43-,44-,46+,48-,49?,50?,51?,52+,53?,54+,55+,56-,57?,58?,59-,61?,62+,70+,71+,72?/m1/s1. The Morgan fingerprint density at radius 3 is 1.91 bits per heavy atom. The maximum atomic E-state index is 16.3. The number of ether oxygens (including phenoxy) is 8. The molecule has 8 aliphatic heterocycles. The van der Waals surface area contributed by atoms with Crippen LogP contribution in [-0.4, -0.2) is 238 Å². The van der Waals surface area contributed by atoms with Crippen LogP contribution in [0.25, 0.3) is 11.1 Å². The van der Waals surface area contributed by atoms with Gasteiger partial charge in [-0.25, -0.2) is 4.79 Å². The Kier molecular flexibility index (Phi) is 25.2. The minimum absolute atomic E-state index is 0.0800. The van der Waals surface area contributed by atoms with Gasteiger partial charge in [0.05, 0.1) is 41.3 Å². The van der Waals surface area contributed by atoms with Crippen molar-refractivity contribution >= 4 is 76.8 Å². The van der Waals surface area contributed by atoms with Crippen LogP contribution in [0.15, 0.2) is 78.9 Å². The second-order valence-corrected chi connectivity index (χ2v) is 29.2. The van der Waals surface area contributed by atoms with Crippen LogP contribution in [0.4, 0.5) is 0 Å². The first-order chi connectivity index (χ1) is 52.9. The highest BCUT2D eigenvalue weighted by molar-refractivity contribution is 6.32. The number of phenolic OH excluding ortho intramolecular Hbond substituents is 3. The molecule has 23 atom stereocenters. The fraction of sp³-hybridized carbons (Fsp3) is 0.458. The molecule has 5 aromatic carbocycles. The Bertz CT molecular complexity index is 4460. The second kappa shape index (κ2) is 33.9. The van der Waals surface area contributed by atoms with Gasteiger partial charge in [0, 0.05) is 34.7 Å². The molecule has 8 aliphatic rings. The number of aliphatic hydroxyl groups excluding tert-OH is 8. The molecular formula is C72H83Cl2N9O29. The van der Waals surface area contributed by atoms with Crippen LogP contribution >= 0.6 is 23.2 Å². The van der Waals surface area contributed by atoms with E-state index in [0.29, 0.717) is 0 Å². The number of carboxylic acid groups (broad SMARTS) is 1. The lowest BCUT2D eigenvalue weighted by Crippen LogP contribution is -2.65. The number of halogens is 2. The molecule has 23 N–H and O–H groups in total. The third-order valence-corrected chi connectivity index (χ3v) is 20.4. The lowest BCUT2D eigenvalue weighted by Gasteiger charge is -2.45. The fourth-order valence-corrected chi connectivity index (χ4v) is 14.4. The molecule has 0 saturated carbocycles. The molecular weight excluding hydrogens is 1530 g/mol. The largest absolute Gasteiger partial charge is 0.508 e. The Balaban J connectivity index is 1.16. The number of hydrogen-bond acceptors (Lipinski definition) is 30. The second-order valence-electron chi connectivity index (χ2n) is 28.4. The van der Waals surface area contributed by atoms with Gasteiger partial charge < -0.3 is 153 Å². The number of nitrogens with one attached hydrogen (secondary N) is 7. The summed E-state index contributed by atoms with van der Waals surface area (Å²) in [6, 6.07) is -1.23. The predicted molar refractivity (Wildman–Crippen MR) is 381 cm³/mol. The number of aromatic hydroxyl groups is 3. The molecule has 0 radical (unpaired) electrons. The molecule has 40 heteroatoms. The van der Waals surface area contributed by atoms with Gasteiger partial charge in [-0.2, -0.15) is 0 Å². The van der Waals surface area contributed by atoms with Crippen molar-refractivity contribution in [2.24, 2.45) is 17.4 Å². The van der Waals surface area contributed by atoms with E-state index in [1.807, 2.05) is 0 Å². The third kappa shape index (κ3) is 17.4. The summed E-state index contributed by atoms with van der Waals surface area (Å²) in [5.74, 6) is -16.8. The quantitative estimate of drug-likeness (QED) is 0.0482. The number of aldehydes is 1. The van der Waals surface area contributed by atoms with Crippen molar-refractivity contribution < 1.29 is 142 Å². The zero-order valence-electron chi connectivity index (χ0n) is 59.9. The van der Waals surface area contributed by atoms with Crippen molar-refractivity contribution in [2.45, 2.75) is 187 Å². The first-order valence-electron chi connectivity index (χ1n) is 35.0. The smallest absolute Gasteiger partial charge is 0.330 e. The Hall–Kier alpha value is -9.69. The lowest BCUT2D eigenvalue weighted by atomic mass is 9.86. The van der Waals surface area contributed by atoms with Crippen molar-refractivity contribution in [1.82, 2.24) is 37.2 Å². The van der Waals surface area contributed by atoms with Crippen molar-refractivity contribution in [3.63, 3.8) is 0 Å². The maximum Gasteiger partial charge on any atom is 0.330 e. The summed E-state index contributed by atoms with van der Waals surface area (Å²) in [4.78, 5) is 131. The van der Waals surface area contributed by atoms with Gasteiger partial charge in [-0.15, -0.1) is 0 Å². The number of benzene rings is 5. The van der Waals surface area contributed by atoms with E-state index >= 15 is 19.2 Å². The summed E-state index contributed by atoms with van der Waals surface area (Å²) in [5.41, 5.74) is 7.86. The van der Waals surface area contributed by atoms with Gasteiger partial charge >= 0.3 is 5.97 Å². The number of carboxylic acids is 1. The van der Waals surface area contributed by atoms with E-state index < -0.39 is 284 Å². The van der Waals surface area contributed by atoms with Crippen LogP contribution < -0.4 is 62.9 Å². The van der Waals surface area contributed by atoms with Gasteiger partial charge in [0.1, 0.15) is 120 Å². The number of hydrogen-bond donors (Lipinski definition) is 21. The van der Waals surface area contributed by atoms with E-state index in [9.17, 15) is 85.3 Å².